The van der Waals surface area contributed by atoms with Gasteiger partial charge in [-0.3, -0.25) is 0 Å². The Bertz CT molecular complexity index is 868. The molecule has 0 fully saturated rings. The fourth-order valence-corrected chi connectivity index (χ4v) is 2.19. The van der Waals surface area contributed by atoms with Crippen LogP contribution < -0.4 is 11.1 Å². The molecule has 1 aromatic heterocycles. The molecule has 5 heteroatoms. The van der Waals surface area contributed by atoms with Gasteiger partial charge in [-0.15, -0.1) is 0 Å². The first-order valence-electron chi connectivity index (χ1n) is 6.29. The van der Waals surface area contributed by atoms with E-state index in [1.165, 1.54) is 18.3 Å². The highest BCUT2D eigenvalue weighted by molar-refractivity contribution is 6.02. The minimum absolute atomic E-state index is 0.351. The number of aromatic nitrogens is 1. The maximum Gasteiger partial charge on any atom is 0.140 e. The van der Waals surface area contributed by atoms with Crippen molar-refractivity contribution in [2.24, 2.45) is 0 Å². The zero-order valence-corrected chi connectivity index (χ0v) is 11.0. The van der Waals surface area contributed by atoms with Crippen LogP contribution in [0.1, 0.15) is 5.56 Å². The van der Waals surface area contributed by atoms with E-state index in [1.54, 1.807) is 30.3 Å². The number of nitrogens with zero attached hydrogens (tertiary/aromatic N) is 2. The van der Waals surface area contributed by atoms with Crippen molar-refractivity contribution >= 4 is 28.0 Å². The number of anilines is 3. The highest BCUT2D eigenvalue weighted by Crippen LogP contribution is 2.30. The predicted molar refractivity (Wildman–Crippen MR) is 80.6 cm³/mol. The number of hydrogen-bond acceptors (Lipinski definition) is 4. The second-order valence-electron chi connectivity index (χ2n) is 4.54. The maximum absolute atomic E-state index is 13.8. The second kappa shape index (κ2) is 5.10. The largest absolute Gasteiger partial charge is 0.398 e. The summed E-state index contributed by atoms with van der Waals surface area (Å²) in [5.74, 6) is 0.106. The number of nitrogens with two attached hydrogens (primary N) is 1. The first-order chi connectivity index (χ1) is 10.2. The molecule has 0 saturated heterocycles. The lowest BCUT2D eigenvalue weighted by Gasteiger charge is -2.11. The van der Waals surface area contributed by atoms with Crippen LogP contribution in [-0.2, 0) is 0 Å². The molecule has 0 saturated carbocycles. The molecule has 0 amide bonds. The van der Waals surface area contributed by atoms with Gasteiger partial charge in [-0.25, -0.2) is 9.37 Å². The van der Waals surface area contributed by atoms with Crippen LogP contribution in [0.2, 0.25) is 0 Å². The number of nitriles is 1. The van der Waals surface area contributed by atoms with Gasteiger partial charge in [-0.05, 0) is 36.4 Å². The summed E-state index contributed by atoms with van der Waals surface area (Å²) in [4.78, 5) is 4.22. The Balaban J connectivity index is 2.13. The molecule has 0 bridgehead atoms. The summed E-state index contributed by atoms with van der Waals surface area (Å²) in [7, 11) is 0. The third kappa shape index (κ3) is 2.35. The molecule has 4 nitrogen and oxygen atoms in total. The van der Waals surface area contributed by atoms with E-state index in [0.717, 1.165) is 0 Å². The predicted octanol–water partition coefficient (Wildman–Crippen LogP) is 3.57. The number of nitrogens with one attached hydrogen (secondary N) is 1. The van der Waals surface area contributed by atoms with Gasteiger partial charge in [-0.1, -0.05) is 6.07 Å². The van der Waals surface area contributed by atoms with Gasteiger partial charge in [0.1, 0.15) is 11.6 Å². The number of hydrogen-bond donors (Lipinski definition) is 2. The Morgan fingerprint density at radius 3 is 2.86 bits per heavy atom. The van der Waals surface area contributed by atoms with E-state index in [1.807, 2.05) is 0 Å². The van der Waals surface area contributed by atoms with E-state index in [4.69, 9.17) is 11.0 Å². The molecule has 0 aliphatic heterocycles. The van der Waals surface area contributed by atoms with E-state index in [2.05, 4.69) is 16.4 Å². The van der Waals surface area contributed by atoms with E-state index >= 15 is 0 Å². The summed E-state index contributed by atoms with van der Waals surface area (Å²) < 4.78 is 13.8. The Labute approximate surface area is 120 Å². The third-order valence-corrected chi connectivity index (χ3v) is 3.16. The Morgan fingerprint density at radius 2 is 2.05 bits per heavy atom. The zero-order chi connectivity index (χ0) is 14.8. The zero-order valence-electron chi connectivity index (χ0n) is 11.0. The van der Waals surface area contributed by atoms with Crippen molar-refractivity contribution in [3.05, 3.63) is 60.0 Å². The summed E-state index contributed by atoms with van der Waals surface area (Å²) in [6, 6.07) is 13.4. The van der Waals surface area contributed by atoms with Crippen molar-refractivity contribution < 1.29 is 4.39 Å². The number of fused-ring (bicyclic) bond motifs is 1. The molecule has 21 heavy (non-hydrogen) atoms. The molecule has 0 aliphatic carbocycles. The van der Waals surface area contributed by atoms with Gasteiger partial charge in [0.2, 0.25) is 0 Å². The molecule has 3 N–H and O–H groups in total. The molecule has 0 radical (unpaired) electrons. The van der Waals surface area contributed by atoms with Crippen molar-refractivity contribution in [2.75, 3.05) is 11.1 Å². The first-order valence-corrected chi connectivity index (χ1v) is 6.29. The van der Waals surface area contributed by atoms with Crippen molar-refractivity contribution in [2.45, 2.75) is 0 Å². The molecule has 102 valence electrons. The third-order valence-electron chi connectivity index (χ3n) is 3.16. The molecule has 2 aromatic carbocycles. The van der Waals surface area contributed by atoms with E-state index < -0.39 is 0 Å². The van der Waals surface area contributed by atoms with Gasteiger partial charge in [0, 0.05) is 23.0 Å². The lowest BCUT2D eigenvalue weighted by Crippen LogP contribution is -1.98. The lowest BCUT2D eigenvalue weighted by atomic mass is 10.1. The molecule has 0 unspecified atom stereocenters. The van der Waals surface area contributed by atoms with Gasteiger partial charge in [0.25, 0.3) is 0 Å². The van der Waals surface area contributed by atoms with Gasteiger partial charge < -0.3 is 11.1 Å². The lowest BCUT2D eigenvalue weighted by molar-refractivity contribution is 0.640. The van der Waals surface area contributed by atoms with E-state index in [0.29, 0.717) is 33.5 Å². The topological polar surface area (TPSA) is 74.7 Å². The maximum atomic E-state index is 13.8. The van der Waals surface area contributed by atoms with Crippen molar-refractivity contribution in [3.8, 4) is 6.07 Å². The summed E-state index contributed by atoms with van der Waals surface area (Å²) in [5.41, 5.74) is 7.60. The molecular weight excluding hydrogens is 267 g/mol. The SMILES string of the molecule is N#Cc1cccc(Nc2nccc3c(F)ccc(N)c23)c1. The van der Waals surface area contributed by atoms with Crippen molar-refractivity contribution in [1.82, 2.24) is 4.98 Å². The number of rotatable bonds is 2. The minimum atomic E-state index is -0.351. The van der Waals surface area contributed by atoms with Crippen LogP contribution in [0, 0.1) is 17.1 Å². The minimum Gasteiger partial charge on any atom is -0.398 e. The molecule has 0 atom stereocenters. The van der Waals surface area contributed by atoms with Gasteiger partial charge in [0.15, 0.2) is 0 Å². The highest BCUT2D eigenvalue weighted by atomic mass is 19.1. The highest BCUT2D eigenvalue weighted by Gasteiger charge is 2.10. The fraction of sp³-hybridized carbons (Fsp3) is 0. The van der Waals surface area contributed by atoms with E-state index in [-0.39, 0.29) is 5.82 Å². The van der Waals surface area contributed by atoms with Crippen LogP contribution in [0.5, 0.6) is 0 Å². The summed E-state index contributed by atoms with van der Waals surface area (Å²) in [6.45, 7) is 0. The van der Waals surface area contributed by atoms with E-state index in [9.17, 15) is 4.39 Å². The number of benzene rings is 2. The van der Waals surface area contributed by atoms with Gasteiger partial charge in [-0.2, -0.15) is 5.26 Å². The number of nitrogen functional groups attached to an aromatic ring is 1. The van der Waals surface area contributed by atoms with Crippen molar-refractivity contribution in [3.63, 3.8) is 0 Å². The van der Waals surface area contributed by atoms with Crippen LogP contribution in [0.3, 0.4) is 0 Å². The summed E-state index contributed by atoms with van der Waals surface area (Å²) in [5, 5.41) is 12.9. The Morgan fingerprint density at radius 1 is 1.19 bits per heavy atom. The van der Waals surface area contributed by atoms with Crippen LogP contribution >= 0.6 is 0 Å². The average molecular weight is 278 g/mol. The summed E-state index contributed by atoms with van der Waals surface area (Å²) >= 11 is 0. The molecule has 0 spiro atoms. The van der Waals surface area contributed by atoms with Gasteiger partial charge in [0.05, 0.1) is 17.0 Å². The molecule has 3 rings (SSSR count). The van der Waals surface area contributed by atoms with Crippen LogP contribution in [0.4, 0.5) is 21.6 Å². The van der Waals surface area contributed by atoms with Gasteiger partial charge >= 0.3 is 0 Å². The molecule has 1 heterocycles. The van der Waals surface area contributed by atoms with Crippen LogP contribution in [0.25, 0.3) is 10.8 Å². The molecule has 3 aromatic rings. The average Bonchev–Trinajstić information content (AvgIpc) is 2.51. The smallest absolute Gasteiger partial charge is 0.140 e. The first kappa shape index (κ1) is 12.9. The standard InChI is InChI=1S/C16H11FN4/c17-13-4-5-14(19)15-12(13)6-7-20-16(15)21-11-3-1-2-10(8-11)9-18/h1-8H,19H2,(H,20,21). The monoisotopic (exact) mass is 278 g/mol. The summed E-state index contributed by atoms with van der Waals surface area (Å²) in [6.07, 6.45) is 1.52. The second-order valence-corrected chi connectivity index (χ2v) is 4.54. The fourth-order valence-electron chi connectivity index (χ4n) is 2.19. The van der Waals surface area contributed by atoms with Crippen LogP contribution in [0.15, 0.2) is 48.7 Å². The Kier molecular flexibility index (Phi) is 3.13. The Hall–Kier alpha value is -3.13. The number of halogens is 1. The molecular formula is C16H11FN4. The quantitative estimate of drug-likeness (QED) is 0.703. The molecule has 0 aliphatic rings. The van der Waals surface area contributed by atoms with Crippen molar-refractivity contribution in [1.29, 1.82) is 5.26 Å². The normalized spacial score (nSPS) is 10.3. The number of pyridine rings is 1. The van der Waals surface area contributed by atoms with Crippen LogP contribution in [-0.4, -0.2) is 4.98 Å².